The van der Waals surface area contributed by atoms with Gasteiger partial charge in [0.25, 0.3) is 0 Å². The van der Waals surface area contributed by atoms with Gasteiger partial charge in [-0.15, -0.1) is 11.3 Å². The van der Waals surface area contributed by atoms with Crippen LogP contribution in [0.1, 0.15) is 36.6 Å². The molecule has 3 heterocycles. The van der Waals surface area contributed by atoms with Crippen molar-refractivity contribution in [2.45, 2.75) is 53.4 Å². The summed E-state index contributed by atoms with van der Waals surface area (Å²) in [7, 11) is 3.90. The Bertz CT molecular complexity index is 850. The molecule has 27 heavy (non-hydrogen) atoms. The molecule has 1 aromatic heterocycles. The third-order valence-electron chi connectivity index (χ3n) is 5.56. The summed E-state index contributed by atoms with van der Waals surface area (Å²) < 4.78 is 13.0. The highest BCUT2D eigenvalue weighted by Crippen LogP contribution is 2.44. The molecule has 144 valence electrons. The van der Waals surface area contributed by atoms with Crippen LogP contribution in [0.15, 0.2) is 39.4 Å². The third kappa shape index (κ3) is 3.83. The molecule has 2 aliphatic heterocycles. The molecule has 0 bridgehead atoms. The van der Waals surface area contributed by atoms with Crippen molar-refractivity contribution in [3.8, 4) is 0 Å². The molecule has 6 heteroatoms. The fraction of sp³-hybridized carbons (Fsp3) is 0.476. The molecule has 0 saturated carbocycles. The molecule has 0 N–H and O–H groups in total. The van der Waals surface area contributed by atoms with Crippen LogP contribution in [0.2, 0.25) is 0 Å². The Labute approximate surface area is 175 Å². The van der Waals surface area contributed by atoms with Crippen molar-refractivity contribution < 1.29 is 9.47 Å². The Morgan fingerprint density at radius 2 is 2.15 bits per heavy atom. The average Bonchev–Trinajstić information content (AvgIpc) is 3.14. The van der Waals surface area contributed by atoms with Crippen LogP contribution in [-0.4, -0.2) is 31.9 Å². The van der Waals surface area contributed by atoms with Crippen LogP contribution in [0.5, 0.6) is 0 Å². The topological polar surface area (TPSA) is 21.7 Å². The smallest absolute Gasteiger partial charge is 0.107 e. The number of methoxy groups -OCH3 is 1. The second kappa shape index (κ2) is 7.84. The van der Waals surface area contributed by atoms with Crippen LogP contribution in [0, 0.1) is 0 Å². The summed E-state index contributed by atoms with van der Waals surface area (Å²) in [5.74, 6) is 0. The first-order valence-corrected chi connectivity index (χ1v) is 11.4. The molecule has 1 fully saturated rings. The average molecular weight is 420 g/mol. The normalized spacial score (nSPS) is 25.5. The summed E-state index contributed by atoms with van der Waals surface area (Å²) in [6.07, 6.45) is 4.07. The van der Waals surface area contributed by atoms with E-state index in [0.29, 0.717) is 0 Å². The molecule has 0 aliphatic carbocycles. The lowest BCUT2D eigenvalue weighted by Gasteiger charge is -2.38. The largest absolute Gasteiger partial charge is 0.378 e. The lowest BCUT2D eigenvalue weighted by atomic mass is 9.89. The van der Waals surface area contributed by atoms with Crippen LogP contribution < -0.4 is 4.90 Å². The first kappa shape index (κ1) is 19.4. The monoisotopic (exact) mass is 419 g/mol. The molecule has 2 unspecified atom stereocenters. The van der Waals surface area contributed by atoms with Crippen LogP contribution in [0.3, 0.4) is 0 Å². The van der Waals surface area contributed by atoms with Gasteiger partial charge in [-0.2, -0.15) is 0 Å². The number of thiocarbonyl (C=S) groups is 1. The van der Waals surface area contributed by atoms with Crippen molar-refractivity contribution in [3.63, 3.8) is 0 Å². The molecular formula is C21H25NO2S3. The van der Waals surface area contributed by atoms with Gasteiger partial charge in [-0.1, -0.05) is 24.0 Å². The number of fused-ring (bicyclic) bond motifs is 1. The van der Waals surface area contributed by atoms with Crippen LogP contribution in [0.25, 0.3) is 0 Å². The van der Waals surface area contributed by atoms with Crippen molar-refractivity contribution in [2.24, 2.45) is 0 Å². The molecule has 2 aromatic rings. The SMILES string of the molecule is COC1(c2ccc(Sc3ccc4c(c3)CCC(=S)N4C)s2)CCOC(C)C1. The molecule has 1 aromatic carbocycles. The number of benzene rings is 1. The Morgan fingerprint density at radius 3 is 2.93 bits per heavy atom. The minimum absolute atomic E-state index is 0.199. The Hall–Kier alpha value is -0.920. The minimum atomic E-state index is -0.199. The van der Waals surface area contributed by atoms with Gasteiger partial charge in [0, 0.05) is 48.9 Å². The molecule has 3 nitrogen and oxygen atoms in total. The van der Waals surface area contributed by atoms with Gasteiger partial charge >= 0.3 is 0 Å². The first-order chi connectivity index (χ1) is 13.0. The lowest BCUT2D eigenvalue weighted by Crippen LogP contribution is -2.38. The maximum Gasteiger partial charge on any atom is 0.107 e. The Morgan fingerprint density at radius 1 is 1.30 bits per heavy atom. The Balaban J connectivity index is 1.54. The van der Waals surface area contributed by atoms with E-state index in [4.69, 9.17) is 21.7 Å². The van der Waals surface area contributed by atoms with Crippen molar-refractivity contribution in [2.75, 3.05) is 25.7 Å². The van der Waals surface area contributed by atoms with E-state index < -0.39 is 0 Å². The van der Waals surface area contributed by atoms with E-state index in [1.807, 2.05) is 30.2 Å². The van der Waals surface area contributed by atoms with Gasteiger partial charge in [-0.3, -0.25) is 0 Å². The standard InChI is InChI=1S/C21H25NO2S3/c1-14-13-21(23-3,10-11-24-14)18-7-9-20(27-18)26-16-5-6-17-15(12-16)4-8-19(25)22(17)2/h5-7,9,12,14H,4,8,10-11,13H2,1-3H3. The molecule has 0 amide bonds. The predicted molar refractivity (Wildman–Crippen MR) is 118 cm³/mol. The van der Waals surface area contributed by atoms with E-state index in [0.717, 1.165) is 37.3 Å². The highest BCUT2D eigenvalue weighted by molar-refractivity contribution is 8.01. The van der Waals surface area contributed by atoms with E-state index in [1.54, 1.807) is 0 Å². The molecule has 2 aliphatic rings. The number of rotatable bonds is 4. The van der Waals surface area contributed by atoms with E-state index >= 15 is 0 Å². The van der Waals surface area contributed by atoms with Crippen molar-refractivity contribution >= 4 is 46.0 Å². The quantitative estimate of drug-likeness (QED) is 0.596. The Kier molecular flexibility index (Phi) is 5.63. The summed E-state index contributed by atoms with van der Waals surface area (Å²) in [5.41, 5.74) is 2.44. The summed E-state index contributed by atoms with van der Waals surface area (Å²) in [5, 5.41) is 0. The van der Waals surface area contributed by atoms with Gasteiger partial charge < -0.3 is 14.4 Å². The lowest BCUT2D eigenvalue weighted by molar-refractivity contribution is -0.120. The van der Waals surface area contributed by atoms with Gasteiger partial charge in [0.05, 0.1) is 21.9 Å². The molecule has 4 rings (SSSR count). The summed E-state index contributed by atoms with van der Waals surface area (Å²) in [6.45, 7) is 2.89. The molecule has 0 spiro atoms. The third-order valence-corrected chi connectivity index (χ3v) is 8.43. The van der Waals surface area contributed by atoms with E-state index in [-0.39, 0.29) is 11.7 Å². The maximum absolute atomic E-state index is 6.00. The second-order valence-corrected chi connectivity index (χ2v) is 10.2. The van der Waals surface area contributed by atoms with Gasteiger partial charge in [0.2, 0.25) is 0 Å². The number of hydrogen-bond acceptors (Lipinski definition) is 5. The van der Waals surface area contributed by atoms with E-state index in [1.165, 1.54) is 25.2 Å². The minimum Gasteiger partial charge on any atom is -0.378 e. The second-order valence-electron chi connectivity index (χ2n) is 7.30. The number of nitrogens with zero attached hydrogens (tertiary/aromatic N) is 1. The van der Waals surface area contributed by atoms with Gasteiger partial charge in [0.1, 0.15) is 5.60 Å². The molecule has 1 saturated heterocycles. The van der Waals surface area contributed by atoms with E-state index in [2.05, 4.69) is 49.2 Å². The van der Waals surface area contributed by atoms with Gasteiger partial charge in [-0.05, 0) is 49.2 Å². The van der Waals surface area contributed by atoms with Crippen molar-refractivity contribution in [1.29, 1.82) is 0 Å². The van der Waals surface area contributed by atoms with Crippen LogP contribution in [0.4, 0.5) is 5.69 Å². The number of thiophene rings is 1. The fourth-order valence-electron chi connectivity index (χ4n) is 3.99. The number of hydrogen-bond donors (Lipinski definition) is 0. The van der Waals surface area contributed by atoms with Gasteiger partial charge in [-0.25, -0.2) is 0 Å². The number of anilines is 1. The van der Waals surface area contributed by atoms with Gasteiger partial charge in [0.15, 0.2) is 0 Å². The predicted octanol–water partition coefficient (Wildman–Crippen LogP) is 5.65. The highest BCUT2D eigenvalue weighted by Gasteiger charge is 2.38. The fourth-order valence-corrected chi connectivity index (χ4v) is 6.57. The van der Waals surface area contributed by atoms with Crippen LogP contribution in [-0.2, 0) is 21.5 Å². The first-order valence-electron chi connectivity index (χ1n) is 9.35. The highest BCUT2D eigenvalue weighted by atomic mass is 32.2. The van der Waals surface area contributed by atoms with Crippen molar-refractivity contribution in [1.82, 2.24) is 0 Å². The zero-order valence-corrected chi connectivity index (χ0v) is 18.4. The molecule has 0 radical (unpaired) electrons. The number of ether oxygens (including phenoxy) is 2. The zero-order chi connectivity index (χ0) is 19.0. The maximum atomic E-state index is 6.00. The van der Waals surface area contributed by atoms with Crippen molar-refractivity contribution in [3.05, 3.63) is 40.8 Å². The molecular weight excluding hydrogens is 394 g/mol. The molecule has 2 atom stereocenters. The summed E-state index contributed by atoms with van der Waals surface area (Å²) in [6, 6.07) is 11.2. The summed E-state index contributed by atoms with van der Waals surface area (Å²) in [4.78, 5) is 5.77. The number of aryl methyl sites for hydroxylation is 1. The zero-order valence-electron chi connectivity index (χ0n) is 16.0. The summed E-state index contributed by atoms with van der Waals surface area (Å²) >= 11 is 9.13. The van der Waals surface area contributed by atoms with Crippen LogP contribution >= 0.6 is 35.3 Å². The van der Waals surface area contributed by atoms with E-state index in [9.17, 15) is 0 Å².